The highest BCUT2D eigenvalue weighted by Crippen LogP contribution is 2.37. The average Bonchev–Trinajstić information content (AvgIpc) is 2.61. The number of allylic oxidation sites excluding steroid dienone is 1. The minimum Gasteiger partial charge on any atom is -0.356 e. The van der Waals surface area contributed by atoms with Gasteiger partial charge in [0.05, 0.1) is 0 Å². The molecule has 2 heterocycles. The van der Waals surface area contributed by atoms with Crippen LogP contribution in [-0.4, -0.2) is 36.3 Å². The summed E-state index contributed by atoms with van der Waals surface area (Å²) < 4.78 is 0. The first-order valence-electron chi connectivity index (χ1n) is 5.83. The molecule has 0 aromatic rings. The van der Waals surface area contributed by atoms with Gasteiger partial charge in [-0.25, -0.2) is 0 Å². The zero-order chi connectivity index (χ0) is 11.6. The van der Waals surface area contributed by atoms with Crippen LogP contribution < -0.4 is 5.32 Å². The lowest BCUT2D eigenvalue weighted by atomic mass is 9.77. The Bertz CT molecular complexity index is 328. The maximum absolute atomic E-state index is 11.6. The third-order valence-electron chi connectivity index (χ3n) is 3.64. The summed E-state index contributed by atoms with van der Waals surface area (Å²) in [5, 5.41) is 2.89. The molecule has 0 atom stereocenters. The molecule has 2 fully saturated rings. The molecule has 16 heavy (non-hydrogen) atoms. The Hall–Kier alpha value is -1.32. The summed E-state index contributed by atoms with van der Waals surface area (Å²) in [5.74, 6) is 0.253. The summed E-state index contributed by atoms with van der Waals surface area (Å²) in [6.45, 7) is 4.19. The van der Waals surface area contributed by atoms with Gasteiger partial charge in [0, 0.05) is 26.1 Å². The third kappa shape index (κ3) is 2.10. The van der Waals surface area contributed by atoms with Gasteiger partial charge in [0.1, 0.15) is 0 Å². The predicted molar refractivity (Wildman–Crippen MR) is 60.7 cm³/mol. The Morgan fingerprint density at radius 2 is 2.12 bits per heavy atom. The van der Waals surface area contributed by atoms with Crippen LogP contribution in [0.4, 0.5) is 0 Å². The normalized spacial score (nSPS) is 24.1. The Labute approximate surface area is 95.7 Å². The van der Waals surface area contributed by atoms with E-state index in [0.29, 0.717) is 6.42 Å². The van der Waals surface area contributed by atoms with Gasteiger partial charge in [-0.05, 0) is 31.3 Å². The summed E-state index contributed by atoms with van der Waals surface area (Å²) in [6, 6.07) is 0. The van der Waals surface area contributed by atoms with Gasteiger partial charge in [-0.2, -0.15) is 0 Å². The van der Waals surface area contributed by atoms with E-state index in [-0.39, 0.29) is 17.2 Å². The molecular weight excluding hydrogens is 204 g/mol. The number of carbonyl (C=O) groups excluding carboxylic acids is 2. The van der Waals surface area contributed by atoms with E-state index in [0.717, 1.165) is 32.5 Å². The van der Waals surface area contributed by atoms with E-state index < -0.39 is 0 Å². The van der Waals surface area contributed by atoms with E-state index in [2.05, 4.69) is 5.32 Å². The van der Waals surface area contributed by atoms with Gasteiger partial charge >= 0.3 is 0 Å². The number of nitrogens with zero attached hydrogens (tertiary/aromatic N) is 1. The van der Waals surface area contributed by atoms with Gasteiger partial charge in [0.15, 0.2) is 0 Å². The Morgan fingerprint density at radius 3 is 2.62 bits per heavy atom. The van der Waals surface area contributed by atoms with Crippen LogP contribution in [0.25, 0.3) is 0 Å². The summed E-state index contributed by atoms with van der Waals surface area (Å²) >= 11 is 0. The molecule has 0 aromatic heterocycles. The number of carbonyl (C=O) groups is 2. The van der Waals surface area contributed by atoms with Crippen molar-refractivity contribution >= 4 is 11.8 Å². The van der Waals surface area contributed by atoms with Crippen molar-refractivity contribution in [2.24, 2.45) is 5.41 Å². The second-order valence-electron chi connectivity index (χ2n) is 4.78. The van der Waals surface area contributed by atoms with Gasteiger partial charge < -0.3 is 10.2 Å². The van der Waals surface area contributed by atoms with Crippen LogP contribution >= 0.6 is 0 Å². The van der Waals surface area contributed by atoms with Crippen molar-refractivity contribution in [3.05, 3.63) is 12.2 Å². The van der Waals surface area contributed by atoms with Crippen molar-refractivity contribution in [1.29, 1.82) is 0 Å². The number of nitrogens with one attached hydrogen (secondary N) is 1. The quantitative estimate of drug-likeness (QED) is 0.664. The fourth-order valence-corrected chi connectivity index (χ4v) is 2.55. The predicted octanol–water partition coefficient (Wildman–Crippen LogP) is 0.691. The van der Waals surface area contributed by atoms with Crippen LogP contribution in [0.2, 0.25) is 0 Å². The molecule has 2 aliphatic rings. The zero-order valence-electron chi connectivity index (χ0n) is 9.66. The minimum atomic E-state index is 0.0923. The number of hydrogen-bond acceptors (Lipinski definition) is 2. The molecule has 0 bridgehead atoms. The fraction of sp³-hybridized carbons (Fsp3) is 0.667. The lowest BCUT2D eigenvalue weighted by molar-refractivity contribution is -0.128. The van der Waals surface area contributed by atoms with Gasteiger partial charge in [-0.15, -0.1) is 0 Å². The first-order valence-corrected chi connectivity index (χ1v) is 5.83. The molecule has 2 saturated heterocycles. The van der Waals surface area contributed by atoms with E-state index in [1.807, 2.05) is 11.8 Å². The maximum Gasteiger partial charge on any atom is 0.246 e. The molecule has 1 N–H and O–H groups in total. The van der Waals surface area contributed by atoms with Gasteiger partial charge in [-0.1, -0.05) is 6.08 Å². The van der Waals surface area contributed by atoms with E-state index in [1.54, 1.807) is 12.2 Å². The first-order chi connectivity index (χ1) is 7.65. The molecule has 0 saturated carbocycles. The molecule has 0 unspecified atom stereocenters. The van der Waals surface area contributed by atoms with Crippen molar-refractivity contribution < 1.29 is 9.59 Å². The van der Waals surface area contributed by atoms with Crippen LogP contribution in [0.15, 0.2) is 12.2 Å². The molecule has 0 radical (unpaired) electrons. The standard InChI is InChI=1S/C12H18N2O2/c1-2-3-11(16)14-6-4-12(5-7-14)8-10(15)13-9-12/h2-3H,4-9H2,1H3,(H,13,15)/b3-2+. The van der Waals surface area contributed by atoms with Gasteiger partial charge in [0.25, 0.3) is 0 Å². The molecule has 0 aliphatic carbocycles. The number of amides is 2. The van der Waals surface area contributed by atoms with E-state index in [1.165, 1.54) is 0 Å². The molecule has 4 heteroatoms. The lowest BCUT2D eigenvalue weighted by Crippen LogP contribution is -2.43. The first kappa shape index (κ1) is 11.2. The van der Waals surface area contributed by atoms with Gasteiger partial charge in [-0.3, -0.25) is 9.59 Å². The zero-order valence-corrected chi connectivity index (χ0v) is 9.66. The highest BCUT2D eigenvalue weighted by atomic mass is 16.2. The summed E-state index contributed by atoms with van der Waals surface area (Å²) in [5.41, 5.74) is 0.129. The van der Waals surface area contributed by atoms with Crippen molar-refractivity contribution in [3.63, 3.8) is 0 Å². The molecule has 4 nitrogen and oxygen atoms in total. The van der Waals surface area contributed by atoms with Gasteiger partial charge in [0.2, 0.25) is 11.8 Å². The SMILES string of the molecule is C/C=C/C(=O)N1CCC2(CC1)CNC(=O)C2. The van der Waals surface area contributed by atoms with Crippen molar-refractivity contribution in [3.8, 4) is 0 Å². The largest absolute Gasteiger partial charge is 0.356 e. The number of likely N-dealkylation sites (tertiary alicyclic amines) is 1. The average molecular weight is 222 g/mol. The summed E-state index contributed by atoms with van der Waals surface area (Å²) in [4.78, 5) is 24.7. The molecule has 2 rings (SSSR count). The second kappa shape index (κ2) is 4.28. The Morgan fingerprint density at radius 1 is 1.44 bits per heavy atom. The second-order valence-corrected chi connectivity index (χ2v) is 4.78. The topological polar surface area (TPSA) is 49.4 Å². The van der Waals surface area contributed by atoms with E-state index >= 15 is 0 Å². The Kier molecular flexibility index (Phi) is 2.99. The summed E-state index contributed by atoms with van der Waals surface area (Å²) in [6.07, 6.45) is 5.89. The molecule has 0 aromatic carbocycles. The van der Waals surface area contributed by atoms with Crippen LogP contribution in [0, 0.1) is 5.41 Å². The lowest BCUT2D eigenvalue weighted by Gasteiger charge is -2.37. The maximum atomic E-state index is 11.6. The minimum absolute atomic E-state index is 0.0923. The van der Waals surface area contributed by atoms with Crippen molar-refractivity contribution in [1.82, 2.24) is 10.2 Å². The molecule has 2 amide bonds. The van der Waals surface area contributed by atoms with Crippen LogP contribution in [0.3, 0.4) is 0 Å². The van der Waals surface area contributed by atoms with Crippen molar-refractivity contribution in [2.75, 3.05) is 19.6 Å². The number of rotatable bonds is 1. The smallest absolute Gasteiger partial charge is 0.246 e. The molecule has 88 valence electrons. The van der Waals surface area contributed by atoms with E-state index in [9.17, 15) is 9.59 Å². The molecule has 1 spiro atoms. The monoisotopic (exact) mass is 222 g/mol. The van der Waals surface area contributed by atoms with E-state index in [4.69, 9.17) is 0 Å². The van der Waals surface area contributed by atoms with Crippen LogP contribution in [0.1, 0.15) is 26.2 Å². The molecule has 2 aliphatic heterocycles. The highest BCUT2D eigenvalue weighted by molar-refractivity contribution is 5.87. The number of hydrogen-bond donors (Lipinski definition) is 1. The fourth-order valence-electron chi connectivity index (χ4n) is 2.55. The van der Waals surface area contributed by atoms with Crippen LogP contribution in [0.5, 0.6) is 0 Å². The van der Waals surface area contributed by atoms with Crippen LogP contribution in [-0.2, 0) is 9.59 Å². The number of piperidine rings is 1. The highest BCUT2D eigenvalue weighted by Gasteiger charge is 2.41. The van der Waals surface area contributed by atoms with Crippen molar-refractivity contribution in [2.45, 2.75) is 26.2 Å². The summed E-state index contributed by atoms with van der Waals surface area (Å²) in [7, 11) is 0. The third-order valence-corrected chi connectivity index (χ3v) is 3.64. The molecular formula is C12H18N2O2. The Balaban J connectivity index is 1.92.